The predicted octanol–water partition coefficient (Wildman–Crippen LogP) is 2.03. The number of likely N-dealkylation sites (N-methyl/N-ethyl adjacent to an activating group) is 1. The van der Waals surface area contributed by atoms with Crippen LogP contribution in [0.1, 0.15) is 26.5 Å². The van der Waals surface area contributed by atoms with Crippen LogP contribution < -0.4 is 9.80 Å². The van der Waals surface area contributed by atoms with Gasteiger partial charge in [0.2, 0.25) is 5.95 Å². The van der Waals surface area contributed by atoms with Crippen LogP contribution in [-0.2, 0) is 5.41 Å². The zero-order chi connectivity index (χ0) is 16.6. The molecule has 0 aliphatic carbocycles. The standard InChI is InChI=1S/C16H21FN6/c1-16(2,3)13-5-6-14(21-20-13)23-9-12(10-23)22(4)15-18-7-11(17)8-19-15/h5-8,12H,9-10H2,1-4H3. The summed E-state index contributed by atoms with van der Waals surface area (Å²) in [6, 6.07) is 4.32. The highest BCUT2D eigenvalue weighted by molar-refractivity contribution is 5.45. The molecule has 0 spiro atoms. The molecule has 0 bridgehead atoms. The molecule has 6 nitrogen and oxygen atoms in total. The summed E-state index contributed by atoms with van der Waals surface area (Å²) in [6.45, 7) is 8.00. The van der Waals surface area contributed by atoms with Crippen LogP contribution in [0.3, 0.4) is 0 Å². The first-order valence-electron chi connectivity index (χ1n) is 7.64. The molecule has 23 heavy (non-hydrogen) atoms. The third-order valence-corrected chi connectivity index (χ3v) is 4.08. The second kappa shape index (κ2) is 5.72. The van der Waals surface area contributed by atoms with E-state index >= 15 is 0 Å². The highest BCUT2D eigenvalue weighted by Crippen LogP contribution is 2.25. The Balaban J connectivity index is 1.61. The Morgan fingerprint density at radius 1 is 1.13 bits per heavy atom. The highest BCUT2D eigenvalue weighted by atomic mass is 19.1. The van der Waals surface area contributed by atoms with Gasteiger partial charge in [0, 0.05) is 25.6 Å². The summed E-state index contributed by atoms with van der Waals surface area (Å²) in [5, 5.41) is 8.64. The van der Waals surface area contributed by atoms with E-state index in [1.54, 1.807) is 0 Å². The third-order valence-electron chi connectivity index (χ3n) is 4.08. The number of hydrogen-bond acceptors (Lipinski definition) is 6. The normalized spacial score (nSPS) is 15.4. The second-order valence-corrected chi connectivity index (χ2v) is 6.90. The third kappa shape index (κ3) is 3.23. The Labute approximate surface area is 135 Å². The molecule has 0 amide bonds. The van der Waals surface area contributed by atoms with Gasteiger partial charge < -0.3 is 9.80 Å². The maximum atomic E-state index is 12.9. The molecule has 2 aromatic heterocycles. The SMILES string of the molecule is CN(c1ncc(F)cn1)C1CN(c2ccc(C(C)(C)C)nn2)C1. The minimum Gasteiger partial charge on any atom is -0.351 e. The Kier molecular flexibility index (Phi) is 3.87. The second-order valence-electron chi connectivity index (χ2n) is 6.90. The number of aromatic nitrogens is 4. The Morgan fingerprint density at radius 2 is 1.78 bits per heavy atom. The zero-order valence-corrected chi connectivity index (χ0v) is 13.9. The van der Waals surface area contributed by atoms with Gasteiger partial charge in [0.05, 0.1) is 24.1 Å². The number of nitrogens with zero attached hydrogens (tertiary/aromatic N) is 6. The summed E-state index contributed by atoms with van der Waals surface area (Å²) in [5.41, 5.74) is 0.985. The lowest BCUT2D eigenvalue weighted by Gasteiger charge is -2.44. The Hall–Kier alpha value is -2.31. The maximum Gasteiger partial charge on any atom is 0.225 e. The molecule has 2 aromatic rings. The lowest BCUT2D eigenvalue weighted by molar-refractivity contribution is 0.481. The van der Waals surface area contributed by atoms with Gasteiger partial charge in [0.15, 0.2) is 11.6 Å². The smallest absolute Gasteiger partial charge is 0.225 e. The van der Waals surface area contributed by atoms with Crippen LogP contribution in [-0.4, -0.2) is 46.3 Å². The van der Waals surface area contributed by atoms with E-state index in [9.17, 15) is 4.39 Å². The van der Waals surface area contributed by atoms with Crippen molar-refractivity contribution in [2.45, 2.75) is 32.2 Å². The number of hydrogen-bond donors (Lipinski definition) is 0. The topological polar surface area (TPSA) is 58.0 Å². The van der Waals surface area contributed by atoms with Gasteiger partial charge in [0.1, 0.15) is 0 Å². The van der Waals surface area contributed by atoms with Crippen molar-refractivity contribution in [2.24, 2.45) is 0 Å². The van der Waals surface area contributed by atoms with E-state index in [4.69, 9.17) is 0 Å². The molecule has 3 rings (SSSR count). The van der Waals surface area contributed by atoms with Crippen molar-refractivity contribution in [1.29, 1.82) is 0 Å². The molecule has 1 fully saturated rings. The lowest BCUT2D eigenvalue weighted by atomic mass is 9.92. The van der Waals surface area contributed by atoms with Crippen LogP contribution in [0.25, 0.3) is 0 Å². The monoisotopic (exact) mass is 316 g/mol. The van der Waals surface area contributed by atoms with Crippen LogP contribution in [0, 0.1) is 5.82 Å². The molecule has 0 saturated carbocycles. The van der Waals surface area contributed by atoms with E-state index in [0.29, 0.717) is 5.95 Å². The molecule has 1 aliphatic heterocycles. The van der Waals surface area contributed by atoms with Crippen molar-refractivity contribution in [3.05, 3.63) is 36.0 Å². The summed E-state index contributed by atoms with van der Waals surface area (Å²) in [7, 11) is 1.92. The average molecular weight is 316 g/mol. The van der Waals surface area contributed by atoms with E-state index in [1.807, 2.05) is 24.1 Å². The molecular weight excluding hydrogens is 295 g/mol. The van der Waals surface area contributed by atoms with Crippen LogP contribution in [0.5, 0.6) is 0 Å². The Bertz CT molecular complexity index is 658. The van der Waals surface area contributed by atoms with Crippen LogP contribution in [0.2, 0.25) is 0 Å². The van der Waals surface area contributed by atoms with Gasteiger partial charge in [-0.15, -0.1) is 5.10 Å². The Morgan fingerprint density at radius 3 is 2.30 bits per heavy atom. The fourth-order valence-corrected chi connectivity index (χ4v) is 2.43. The van der Waals surface area contributed by atoms with Crippen LogP contribution in [0.15, 0.2) is 24.5 Å². The zero-order valence-electron chi connectivity index (χ0n) is 13.9. The van der Waals surface area contributed by atoms with Gasteiger partial charge in [-0.1, -0.05) is 20.8 Å². The molecule has 1 aliphatic rings. The van der Waals surface area contributed by atoms with Crippen molar-refractivity contribution in [1.82, 2.24) is 20.2 Å². The molecule has 1 saturated heterocycles. The lowest BCUT2D eigenvalue weighted by Crippen LogP contribution is -2.59. The van der Waals surface area contributed by atoms with E-state index < -0.39 is 5.82 Å². The van der Waals surface area contributed by atoms with Crippen molar-refractivity contribution < 1.29 is 4.39 Å². The number of rotatable bonds is 3. The molecule has 0 N–H and O–H groups in total. The highest BCUT2D eigenvalue weighted by Gasteiger charge is 2.32. The summed E-state index contributed by atoms with van der Waals surface area (Å²) < 4.78 is 12.9. The summed E-state index contributed by atoms with van der Waals surface area (Å²) in [5.74, 6) is 0.986. The van der Waals surface area contributed by atoms with Crippen LogP contribution in [0.4, 0.5) is 16.2 Å². The predicted molar refractivity (Wildman–Crippen MR) is 87.1 cm³/mol. The number of halogens is 1. The van der Waals surface area contributed by atoms with Gasteiger partial charge in [-0.2, -0.15) is 5.10 Å². The largest absolute Gasteiger partial charge is 0.351 e. The molecule has 0 atom stereocenters. The first kappa shape index (κ1) is 15.6. The van der Waals surface area contributed by atoms with E-state index in [0.717, 1.165) is 24.6 Å². The molecule has 3 heterocycles. The van der Waals surface area contributed by atoms with Gasteiger partial charge in [0.25, 0.3) is 0 Å². The summed E-state index contributed by atoms with van der Waals surface area (Å²) >= 11 is 0. The molecular formula is C16H21FN6. The average Bonchev–Trinajstić information content (AvgIpc) is 2.46. The van der Waals surface area contributed by atoms with E-state index in [-0.39, 0.29) is 11.5 Å². The molecule has 122 valence electrons. The van der Waals surface area contributed by atoms with Gasteiger partial charge in [-0.3, -0.25) is 0 Å². The number of anilines is 2. The van der Waals surface area contributed by atoms with Gasteiger partial charge in [-0.25, -0.2) is 14.4 Å². The first-order valence-corrected chi connectivity index (χ1v) is 7.64. The first-order chi connectivity index (χ1) is 10.8. The van der Waals surface area contributed by atoms with Crippen LogP contribution >= 0.6 is 0 Å². The quantitative estimate of drug-likeness (QED) is 0.863. The van der Waals surface area contributed by atoms with Crippen molar-refractivity contribution >= 4 is 11.8 Å². The van der Waals surface area contributed by atoms with Crippen molar-refractivity contribution in [3.63, 3.8) is 0 Å². The van der Waals surface area contributed by atoms with E-state index in [2.05, 4.69) is 45.8 Å². The maximum absolute atomic E-state index is 12.9. The molecule has 0 aromatic carbocycles. The van der Waals surface area contributed by atoms with Gasteiger partial charge in [-0.05, 0) is 12.1 Å². The molecule has 0 unspecified atom stereocenters. The summed E-state index contributed by atoms with van der Waals surface area (Å²) in [6.07, 6.45) is 2.37. The fourth-order valence-electron chi connectivity index (χ4n) is 2.43. The molecule has 0 radical (unpaired) electrons. The van der Waals surface area contributed by atoms with Crippen molar-refractivity contribution in [2.75, 3.05) is 29.9 Å². The minimum atomic E-state index is -0.424. The summed E-state index contributed by atoms with van der Waals surface area (Å²) in [4.78, 5) is 12.1. The minimum absolute atomic E-state index is 0.00313. The van der Waals surface area contributed by atoms with Gasteiger partial charge >= 0.3 is 0 Å². The van der Waals surface area contributed by atoms with E-state index in [1.165, 1.54) is 12.4 Å². The fraction of sp³-hybridized carbons (Fsp3) is 0.500. The van der Waals surface area contributed by atoms with Crippen molar-refractivity contribution in [3.8, 4) is 0 Å². The molecule has 7 heteroatoms.